The maximum absolute atomic E-state index is 13.4. The molecule has 0 radical (unpaired) electrons. The summed E-state index contributed by atoms with van der Waals surface area (Å²) in [4.78, 5) is 12.6. The first-order valence-corrected chi connectivity index (χ1v) is 16.2. The topological polar surface area (TPSA) is 20.3 Å². The Hall–Kier alpha value is -1.77. The van der Waals surface area contributed by atoms with Crippen LogP contribution in [0.25, 0.3) is 6.08 Å². The first kappa shape index (κ1) is 47.0. The van der Waals surface area contributed by atoms with Gasteiger partial charge >= 0.3 is 0 Å². The Kier molecular flexibility index (Phi) is 43.7. The molecular weight excluding hydrogens is 501 g/mol. The fraction of sp³-hybridized carbons (Fsp3) is 0.657. The lowest BCUT2D eigenvalue weighted by atomic mass is 10.0. The number of likely N-dealkylation sites (N-methyl/N-ethyl adjacent to an activating group) is 1. The van der Waals surface area contributed by atoms with Gasteiger partial charge in [-0.05, 0) is 56.5 Å². The second-order valence-electron chi connectivity index (χ2n) is 8.75. The van der Waals surface area contributed by atoms with E-state index in [-0.39, 0.29) is 5.82 Å². The molecule has 2 rings (SSSR count). The van der Waals surface area contributed by atoms with Crippen molar-refractivity contribution in [2.75, 3.05) is 7.05 Å². The molecule has 1 aromatic rings. The molecule has 1 atom stereocenters. The van der Waals surface area contributed by atoms with Crippen molar-refractivity contribution >= 4 is 23.8 Å². The molecule has 39 heavy (non-hydrogen) atoms. The molecule has 0 bridgehead atoms. The van der Waals surface area contributed by atoms with E-state index in [0.29, 0.717) is 10.9 Å². The number of carbonyl (C=O) groups excluding carboxylic acids is 1. The lowest BCUT2D eigenvalue weighted by molar-refractivity contribution is 0.438. The minimum atomic E-state index is -0.179. The quantitative estimate of drug-likeness (QED) is 0.330. The third-order valence-corrected chi connectivity index (χ3v) is 5.64. The average molecular weight is 568 g/mol. The van der Waals surface area contributed by atoms with Crippen molar-refractivity contribution in [1.82, 2.24) is 4.90 Å². The molecule has 0 aliphatic carbocycles. The van der Waals surface area contributed by atoms with Crippen molar-refractivity contribution in [3.8, 4) is 0 Å². The van der Waals surface area contributed by atoms with E-state index < -0.39 is 0 Å². The summed E-state index contributed by atoms with van der Waals surface area (Å²) in [5.41, 5.74) is 3.90. The number of unbranched alkanes of at least 4 members (excludes halogenated alkanes) is 2. The van der Waals surface area contributed by atoms with Crippen LogP contribution in [0.2, 0.25) is 0 Å². The van der Waals surface area contributed by atoms with Crippen molar-refractivity contribution in [3.63, 3.8) is 0 Å². The molecule has 0 aromatic heterocycles. The van der Waals surface area contributed by atoms with E-state index >= 15 is 0 Å². The van der Waals surface area contributed by atoms with Crippen LogP contribution >= 0.6 is 11.8 Å². The van der Waals surface area contributed by atoms with Gasteiger partial charge in [0, 0.05) is 23.2 Å². The highest BCUT2D eigenvalue weighted by Gasteiger charge is 2.25. The average Bonchev–Trinajstić information content (AvgIpc) is 3.16. The van der Waals surface area contributed by atoms with Crippen LogP contribution in [0.1, 0.15) is 147 Å². The molecule has 1 aliphatic heterocycles. The number of benzene rings is 1. The molecule has 1 unspecified atom stereocenters. The Bertz CT molecular complexity index is 743. The van der Waals surface area contributed by atoms with Crippen LogP contribution < -0.4 is 0 Å². The van der Waals surface area contributed by atoms with Gasteiger partial charge in [0.2, 0.25) is 0 Å². The number of rotatable bonds is 5. The van der Waals surface area contributed by atoms with Crippen molar-refractivity contribution in [2.45, 2.75) is 147 Å². The molecule has 0 amide bonds. The van der Waals surface area contributed by atoms with Gasteiger partial charge in [0.05, 0.1) is 5.37 Å². The first-order valence-electron chi connectivity index (χ1n) is 15.3. The maximum Gasteiger partial charge on any atom is 0.123 e. The highest BCUT2D eigenvalue weighted by atomic mass is 32.2. The summed E-state index contributed by atoms with van der Waals surface area (Å²) >= 11 is 1.77. The van der Waals surface area contributed by atoms with Gasteiger partial charge < -0.3 is 4.90 Å². The normalized spacial score (nSPS) is 13.5. The second-order valence-corrected chi connectivity index (χ2v) is 10.1. The Labute approximate surface area is 249 Å². The van der Waals surface area contributed by atoms with Gasteiger partial charge in [-0.3, -0.25) is 0 Å². The maximum atomic E-state index is 13.4. The SMILES string of the molecule is C=C1/C(=C/c2cc(F)ccc2CCC)SC(C)N1C.CC.CC.CC(C)=C=O.CCC.CCC.CCCCC. The van der Waals surface area contributed by atoms with Gasteiger partial charge in [0.15, 0.2) is 0 Å². The highest BCUT2D eigenvalue weighted by Crippen LogP contribution is 2.40. The first-order chi connectivity index (χ1) is 18.5. The predicted octanol–water partition coefficient (Wildman–Crippen LogP) is 12.5. The second kappa shape index (κ2) is 36.2. The fourth-order valence-corrected chi connectivity index (χ4v) is 3.66. The summed E-state index contributed by atoms with van der Waals surface area (Å²) in [7, 11) is 2.04. The fourth-order valence-electron chi connectivity index (χ4n) is 2.53. The van der Waals surface area contributed by atoms with Crippen LogP contribution in [0.3, 0.4) is 0 Å². The van der Waals surface area contributed by atoms with E-state index in [4.69, 9.17) is 0 Å². The lowest BCUT2D eigenvalue weighted by Gasteiger charge is -2.15. The third kappa shape index (κ3) is 29.0. The number of hydrogen-bond donors (Lipinski definition) is 0. The number of hydrogen-bond acceptors (Lipinski definition) is 3. The van der Waals surface area contributed by atoms with E-state index in [0.717, 1.165) is 29.0 Å². The molecule has 1 saturated heterocycles. The molecule has 1 aliphatic rings. The van der Waals surface area contributed by atoms with E-state index in [1.807, 2.05) is 40.8 Å². The predicted molar refractivity (Wildman–Crippen MR) is 183 cm³/mol. The van der Waals surface area contributed by atoms with Gasteiger partial charge in [0.1, 0.15) is 11.8 Å². The molecule has 0 spiro atoms. The molecule has 230 valence electrons. The molecule has 1 heterocycles. The molecule has 1 fully saturated rings. The van der Waals surface area contributed by atoms with Crippen LogP contribution in [-0.4, -0.2) is 23.3 Å². The van der Waals surface area contributed by atoms with Crippen LogP contribution in [0.5, 0.6) is 0 Å². The Morgan fingerprint density at radius 1 is 0.974 bits per heavy atom. The standard InChI is InChI=1S/C16H20FNS.C5H12.C4H6O.2C3H8.2C2H6/c1-5-6-13-7-8-15(17)9-14(13)10-16-11(2)18(4)12(3)19-16;1-3-5-4-2;1-4(2)3-5;2*1-3-2;2*1-2/h7-10,12H,2,5-6H2,1,3-4H3;3-5H2,1-2H3;1-2H3;2*3H2,1-2H3;2*1-2H3/b16-10-;;;;;;. The van der Waals surface area contributed by atoms with Gasteiger partial charge in [0.25, 0.3) is 0 Å². The number of aryl methyl sites for hydroxylation is 1. The summed E-state index contributed by atoms with van der Waals surface area (Å²) < 4.78 is 13.4. The van der Waals surface area contributed by atoms with Crippen molar-refractivity contribution in [1.29, 1.82) is 0 Å². The van der Waals surface area contributed by atoms with Crippen molar-refractivity contribution in [2.24, 2.45) is 0 Å². The lowest BCUT2D eigenvalue weighted by Crippen LogP contribution is -2.17. The molecule has 0 saturated carbocycles. The highest BCUT2D eigenvalue weighted by molar-refractivity contribution is 8.04. The van der Waals surface area contributed by atoms with Crippen LogP contribution in [0, 0.1) is 5.82 Å². The zero-order valence-electron chi connectivity index (χ0n) is 28.7. The van der Waals surface area contributed by atoms with E-state index in [9.17, 15) is 9.18 Å². The Morgan fingerprint density at radius 3 is 1.69 bits per heavy atom. The molecule has 2 nitrogen and oxygen atoms in total. The number of halogens is 1. The third-order valence-electron chi connectivity index (χ3n) is 4.38. The van der Waals surface area contributed by atoms with E-state index in [1.54, 1.807) is 43.7 Å². The van der Waals surface area contributed by atoms with Crippen molar-refractivity contribution < 1.29 is 9.18 Å². The number of allylic oxidation sites excluding steroid dienone is 1. The summed E-state index contributed by atoms with van der Waals surface area (Å²) in [5, 5.41) is 0.391. The van der Waals surface area contributed by atoms with Crippen LogP contribution in [0.15, 0.2) is 41.0 Å². The van der Waals surface area contributed by atoms with Gasteiger partial charge in [-0.1, -0.05) is 139 Å². The summed E-state index contributed by atoms with van der Waals surface area (Å²) in [6.45, 7) is 32.7. The number of nitrogens with zero attached hydrogens (tertiary/aromatic N) is 1. The minimum absolute atomic E-state index is 0.179. The van der Waals surface area contributed by atoms with Gasteiger partial charge in [-0.2, -0.15) is 0 Å². The molecule has 1 aromatic carbocycles. The Morgan fingerprint density at radius 2 is 1.41 bits per heavy atom. The van der Waals surface area contributed by atoms with E-state index in [2.05, 4.69) is 72.9 Å². The van der Waals surface area contributed by atoms with Crippen molar-refractivity contribution in [3.05, 3.63) is 57.9 Å². The number of thioether (sulfide) groups is 1. The van der Waals surface area contributed by atoms with Crippen LogP contribution in [0.4, 0.5) is 4.39 Å². The summed E-state index contributed by atoms with van der Waals surface area (Å²) in [6, 6.07) is 5.05. The zero-order valence-corrected chi connectivity index (χ0v) is 29.5. The minimum Gasteiger partial charge on any atom is -0.362 e. The summed E-state index contributed by atoms with van der Waals surface area (Å²) in [6.07, 6.45) is 10.7. The zero-order chi connectivity index (χ0) is 31.8. The Balaban J connectivity index is -0.000000159. The van der Waals surface area contributed by atoms with E-state index in [1.165, 1.54) is 37.7 Å². The van der Waals surface area contributed by atoms with Gasteiger partial charge in [-0.25, -0.2) is 9.18 Å². The molecule has 0 N–H and O–H groups in total. The van der Waals surface area contributed by atoms with Crippen LogP contribution in [-0.2, 0) is 11.2 Å². The molecule has 4 heteroatoms. The summed E-state index contributed by atoms with van der Waals surface area (Å²) in [5.74, 6) is 1.52. The van der Waals surface area contributed by atoms with Gasteiger partial charge in [-0.15, -0.1) is 0 Å². The monoisotopic (exact) mass is 567 g/mol. The smallest absolute Gasteiger partial charge is 0.123 e. The largest absolute Gasteiger partial charge is 0.362 e. The molecular formula is C35H66FNOS.